The van der Waals surface area contributed by atoms with Gasteiger partial charge in [0.05, 0.1) is 0 Å². The van der Waals surface area contributed by atoms with Gasteiger partial charge in [-0.1, -0.05) is 13.0 Å². The standard InChI is InChI=1S/C17H29N3/c1-6-19-12-8-10-16(19)15-9-7-11-18-17(15)20(13(2)3)14(4)5/h7,9,11,13-14,16H,6,8,10,12H2,1-5H3. The predicted octanol–water partition coefficient (Wildman–Crippen LogP) is 3.86. The first-order chi connectivity index (χ1) is 9.56. The van der Waals surface area contributed by atoms with Crippen LogP contribution in [-0.4, -0.2) is 35.1 Å². The molecule has 0 aliphatic carbocycles. The first-order valence-corrected chi connectivity index (χ1v) is 8.03. The molecule has 1 unspecified atom stereocenters. The molecule has 0 spiro atoms. The van der Waals surface area contributed by atoms with E-state index < -0.39 is 0 Å². The fraction of sp³-hybridized carbons (Fsp3) is 0.706. The number of pyridine rings is 1. The van der Waals surface area contributed by atoms with Crippen LogP contribution in [0, 0.1) is 0 Å². The maximum atomic E-state index is 4.73. The minimum absolute atomic E-state index is 0.472. The SMILES string of the molecule is CCN1CCCC1c1cccnc1N(C(C)C)C(C)C. The molecule has 0 radical (unpaired) electrons. The summed E-state index contributed by atoms with van der Waals surface area (Å²) in [6.07, 6.45) is 4.49. The number of aromatic nitrogens is 1. The second-order valence-corrected chi connectivity index (χ2v) is 6.30. The van der Waals surface area contributed by atoms with Gasteiger partial charge in [0.1, 0.15) is 5.82 Å². The monoisotopic (exact) mass is 275 g/mol. The lowest BCUT2D eigenvalue weighted by Gasteiger charge is -2.35. The molecule has 0 aromatic carbocycles. The first kappa shape index (κ1) is 15.3. The van der Waals surface area contributed by atoms with Crippen molar-refractivity contribution in [3.8, 4) is 0 Å². The summed E-state index contributed by atoms with van der Waals surface area (Å²) in [5.74, 6) is 1.18. The van der Waals surface area contributed by atoms with E-state index in [4.69, 9.17) is 4.98 Å². The van der Waals surface area contributed by atoms with Crippen molar-refractivity contribution in [2.75, 3.05) is 18.0 Å². The second kappa shape index (κ2) is 6.57. The molecule has 0 bridgehead atoms. The normalized spacial score (nSPS) is 20.1. The minimum Gasteiger partial charge on any atom is -0.351 e. The second-order valence-electron chi connectivity index (χ2n) is 6.30. The Labute approximate surface area is 124 Å². The summed E-state index contributed by atoms with van der Waals surface area (Å²) in [6, 6.07) is 5.85. The van der Waals surface area contributed by atoms with Crippen LogP contribution in [0.4, 0.5) is 5.82 Å². The van der Waals surface area contributed by atoms with E-state index in [1.54, 1.807) is 0 Å². The molecule has 3 nitrogen and oxygen atoms in total. The summed E-state index contributed by atoms with van der Waals surface area (Å²) < 4.78 is 0. The largest absolute Gasteiger partial charge is 0.351 e. The van der Waals surface area contributed by atoms with E-state index in [0.29, 0.717) is 18.1 Å². The van der Waals surface area contributed by atoms with Gasteiger partial charge in [0.25, 0.3) is 0 Å². The molecule has 3 heteroatoms. The molecule has 1 aromatic rings. The highest BCUT2D eigenvalue weighted by atomic mass is 15.2. The smallest absolute Gasteiger partial charge is 0.133 e. The molecule has 1 aliphatic heterocycles. The first-order valence-electron chi connectivity index (χ1n) is 8.03. The van der Waals surface area contributed by atoms with Crippen LogP contribution < -0.4 is 4.90 Å². The predicted molar refractivity (Wildman–Crippen MR) is 86.2 cm³/mol. The molecule has 1 aliphatic rings. The lowest BCUT2D eigenvalue weighted by atomic mass is 10.0. The average molecular weight is 275 g/mol. The molecule has 1 fully saturated rings. The third-order valence-corrected chi connectivity index (χ3v) is 4.30. The molecule has 1 aromatic heterocycles. The Morgan fingerprint density at radius 1 is 1.30 bits per heavy atom. The van der Waals surface area contributed by atoms with Gasteiger partial charge >= 0.3 is 0 Å². The Morgan fingerprint density at radius 2 is 2.00 bits per heavy atom. The third kappa shape index (κ3) is 2.98. The maximum Gasteiger partial charge on any atom is 0.133 e. The lowest BCUT2D eigenvalue weighted by molar-refractivity contribution is 0.271. The van der Waals surface area contributed by atoms with Crippen molar-refractivity contribution in [1.82, 2.24) is 9.88 Å². The number of rotatable bonds is 5. The molecule has 2 heterocycles. The molecule has 20 heavy (non-hydrogen) atoms. The van der Waals surface area contributed by atoms with Crippen LogP contribution >= 0.6 is 0 Å². The van der Waals surface area contributed by atoms with Crippen molar-refractivity contribution in [2.24, 2.45) is 0 Å². The molecule has 2 rings (SSSR count). The van der Waals surface area contributed by atoms with Crippen molar-refractivity contribution in [2.45, 2.75) is 65.6 Å². The molecule has 0 amide bonds. The molecular weight excluding hydrogens is 246 g/mol. The van der Waals surface area contributed by atoms with Gasteiger partial charge in [0, 0.05) is 29.9 Å². The summed E-state index contributed by atoms with van der Waals surface area (Å²) in [5.41, 5.74) is 1.41. The van der Waals surface area contributed by atoms with E-state index in [2.05, 4.69) is 56.6 Å². The Kier molecular flexibility index (Phi) is 5.03. The molecule has 1 saturated heterocycles. The fourth-order valence-corrected chi connectivity index (χ4v) is 3.53. The van der Waals surface area contributed by atoms with Crippen LogP contribution in [-0.2, 0) is 0 Å². The van der Waals surface area contributed by atoms with Crippen LogP contribution in [0.1, 0.15) is 59.1 Å². The zero-order valence-electron chi connectivity index (χ0n) is 13.6. The van der Waals surface area contributed by atoms with Gasteiger partial charge in [-0.25, -0.2) is 4.98 Å². The third-order valence-electron chi connectivity index (χ3n) is 4.30. The van der Waals surface area contributed by atoms with E-state index in [9.17, 15) is 0 Å². The van der Waals surface area contributed by atoms with Gasteiger partial charge in [0.15, 0.2) is 0 Å². The molecule has 1 atom stereocenters. The van der Waals surface area contributed by atoms with Crippen molar-refractivity contribution in [3.63, 3.8) is 0 Å². The van der Waals surface area contributed by atoms with E-state index >= 15 is 0 Å². The van der Waals surface area contributed by atoms with E-state index in [-0.39, 0.29) is 0 Å². The van der Waals surface area contributed by atoms with Gasteiger partial charge in [-0.15, -0.1) is 0 Å². The van der Waals surface area contributed by atoms with Crippen LogP contribution in [0.15, 0.2) is 18.3 Å². The fourth-order valence-electron chi connectivity index (χ4n) is 3.53. The minimum atomic E-state index is 0.472. The van der Waals surface area contributed by atoms with E-state index in [0.717, 1.165) is 6.54 Å². The molecule has 0 saturated carbocycles. The summed E-state index contributed by atoms with van der Waals surface area (Å²) in [5, 5.41) is 0. The number of hydrogen-bond acceptors (Lipinski definition) is 3. The van der Waals surface area contributed by atoms with Crippen LogP contribution in [0.5, 0.6) is 0 Å². The van der Waals surface area contributed by atoms with Crippen LogP contribution in [0.2, 0.25) is 0 Å². The van der Waals surface area contributed by atoms with Crippen LogP contribution in [0.3, 0.4) is 0 Å². The summed E-state index contributed by atoms with van der Waals surface area (Å²) in [7, 11) is 0. The van der Waals surface area contributed by atoms with Crippen LogP contribution in [0.25, 0.3) is 0 Å². The van der Waals surface area contributed by atoms with Gasteiger partial charge in [-0.2, -0.15) is 0 Å². The van der Waals surface area contributed by atoms with Crippen molar-refractivity contribution in [3.05, 3.63) is 23.9 Å². The number of likely N-dealkylation sites (tertiary alicyclic amines) is 1. The molecular formula is C17H29N3. The lowest BCUT2D eigenvalue weighted by Crippen LogP contribution is -2.39. The highest BCUT2D eigenvalue weighted by Crippen LogP contribution is 2.36. The maximum absolute atomic E-state index is 4.73. The number of nitrogens with zero attached hydrogens (tertiary/aromatic N) is 3. The Morgan fingerprint density at radius 3 is 2.60 bits per heavy atom. The summed E-state index contributed by atoms with van der Waals surface area (Å²) in [4.78, 5) is 9.76. The Balaban J connectivity index is 2.39. The summed E-state index contributed by atoms with van der Waals surface area (Å²) in [6.45, 7) is 13.6. The van der Waals surface area contributed by atoms with Gasteiger partial charge in [0.2, 0.25) is 0 Å². The number of hydrogen-bond donors (Lipinski definition) is 0. The highest BCUT2D eigenvalue weighted by Gasteiger charge is 2.29. The highest BCUT2D eigenvalue weighted by molar-refractivity contribution is 5.50. The Hall–Kier alpha value is -1.09. The zero-order chi connectivity index (χ0) is 14.7. The Bertz CT molecular complexity index is 420. The number of anilines is 1. The topological polar surface area (TPSA) is 19.4 Å². The summed E-state index contributed by atoms with van der Waals surface area (Å²) >= 11 is 0. The van der Waals surface area contributed by atoms with Gasteiger partial charge in [-0.3, -0.25) is 4.90 Å². The van der Waals surface area contributed by atoms with Crippen molar-refractivity contribution < 1.29 is 0 Å². The van der Waals surface area contributed by atoms with Crippen molar-refractivity contribution >= 4 is 5.82 Å². The van der Waals surface area contributed by atoms with Gasteiger partial charge < -0.3 is 4.90 Å². The average Bonchev–Trinajstić information content (AvgIpc) is 2.86. The van der Waals surface area contributed by atoms with Gasteiger partial charge in [-0.05, 0) is 59.7 Å². The quantitative estimate of drug-likeness (QED) is 0.813. The van der Waals surface area contributed by atoms with Crippen molar-refractivity contribution in [1.29, 1.82) is 0 Å². The zero-order valence-corrected chi connectivity index (χ0v) is 13.6. The van der Waals surface area contributed by atoms with E-state index in [1.807, 2.05) is 6.20 Å². The molecule has 0 N–H and O–H groups in total. The molecule has 112 valence electrons. The van der Waals surface area contributed by atoms with E-state index in [1.165, 1.54) is 30.8 Å².